The van der Waals surface area contributed by atoms with Gasteiger partial charge in [0.2, 0.25) is 5.91 Å². The summed E-state index contributed by atoms with van der Waals surface area (Å²) in [5.41, 5.74) is 3.83. The molecule has 2 aromatic carbocycles. The summed E-state index contributed by atoms with van der Waals surface area (Å²) in [5, 5.41) is 5.53. The van der Waals surface area contributed by atoms with Gasteiger partial charge in [0.15, 0.2) is 0 Å². The number of hydrogen-bond donors (Lipinski definition) is 1. The third-order valence-corrected chi connectivity index (χ3v) is 6.02. The number of amides is 1. The minimum atomic E-state index is -0.288. The lowest BCUT2D eigenvalue weighted by Crippen LogP contribution is -2.24. The van der Waals surface area contributed by atoms with Gasteiger partial charge in [-0.25, -0.2) is 9.37 Å². The molecular formula is C23H24FN3OS. The summed E-state index contributed by atoms with van der Waals surface area (Å²) < 4.78 is 13.4. The molecule has 0 unspecified atom stereocenters. The Morgan fingerprint density at radius 1 is 1.10 bits per heavy atom. The van der Waals surface area contributed by atoms with E-state index in [0.717, 1.165) is 22.7 Å². The number of hydrogen-bond acceptors (Lipinski definition) is 4. The highest BCUT2D eigenvalue weighted by Crippen LogP contribution is 2.24. The smallest absolute Gasteiger partial charge is 0.226 e. The fourth-order valence-corrected chi connectivity index (χ4v) is 4.35. The molecule has 29 heavy (non-hydrogen) atoms. The lowest BCUT2D eigenvalue weighted by molar-refractivity contribution is -0.120. The topological polar surface area (TPSA) is 45.2 Å². The van der Waals surface area contributed by atoms with Gasteiger partial charge in [-0.2, -0.15) is 0 Å². The highest BCUT2D eigenvalue weighted by atomic mass is 32.1. The molecule has 2 heterocycles. The van der Waals surface area contributed by atoms with Crippen molar-refractivity contribution in [1.29, 1.82) is 0 Å². The molecule has 1 saturated heterocycles. The molecule has 0 aliphatic carbocycles. The zero-order valence-electron chi connectivity index (χ0n) is 16.2. The van der Waals surface area contributed by atoms with Gasteiger partial charge in [0, 0.05) is 24.0 Å². The van der Waals surface area contributed by atoms with E-state index in [0.29, 0.717) is 12.2 Å². The molecule has 6 heteroatoms. The van der Waals surface area contributed by atoms with Gasteiger partial charge in [0.25, 0.3) is 0 Å². The molecule has 150 valence electrons. The van der Waals surface area contributed by atoms with E-state index in [1.165, 1.54) is 55.0 Å². The Morgan fingerprint density at radius 3 is 2.62 bits per heavy atom. The fraction of sp³-hybridized carbons (Fsp3) is 0.304. The molecule has 4 rings (SSSR count). The molecule has 1 amide bonds. The van der Waals surface area contributed by atoms with Crippen LogP contribution in [0.4, 0.5) is 4.39 Å². The van der Waals surface area contributed by atoms with Crippen molar-refractivity contribution in [2.24, 2.45) is 0 Å². The second kappa shape index (κ2) is 9.29. The standard InChI is InChI=1S/C23H24FN3OS/c24-20-5-3-4-19(12-20)23-26-21(16-29-23)13-22(28)25-14-17-6-8-18(9-7-17)15-27-10-1-2-11-27/h3-9,12,16H,1-2,10-11,13-15H2,(H,25,28). The number of aromatic nitrogens is 1. The zero-order chi connectivity index (χ0) is 20.1. The number of halogens is 1. The van der Waals surface area contributed by atoms with Crippen LogP contribution in [0.3, 0.4) is 0 Å². The quantitative estimate of drug-likeness (QED) is 0.629. The van der Waals surface area contributed by atoms with Crippen LogP contribution >= 0.6 is 11.3 Å². The molecule has 0 radical (unpaired) electrons. The van der Waals surface area contributed by atoms with Gasteiger partial charge in [-0.1, -0.05) is 36.4 Å². The molecule has 0 bridgehead atoms. The van der Waals surface area contributed by atoms with E-state index >= 15 is 0 Å². The molecule has 0 spiro atoms. The molecule has 0 atom stereocenters. The van der Waals surface area contributed by atoms with Gasteiger partial charge in [0.1, 0.15) is 10.8 Å². The summed E-state index contributed by atoms with van der Waals surface area (Å²) in [4.78, 5) is 19.2. The highest BCUT2D eigenvalue weighted by Gasteiger charge is 2.12. The summed E-state index contributed by atoms with van der Waals surface area (Å²) in [6, 6.07) is 14.8. The summed E-state index contributed by atoms with van der Waals surface area (Å²) >= 11 is 1.42. The van der Waals surface area contributed by atoms with Crippen LogP contribution in [0.5, 0.6) is 0 Å². The summed E-state index contributed by atoms with van der Waals surface area (Å²) in [5.74, 6) is -0.356. The predicted molar refractivity (Wildman–Crippen MR) is 114 cm³/mol. The van der Waals surface area contributed by atoms with Crippen molar-refractivity contribution in [2.45, 2.75) is 32.4 Å². The average Bonchev–Trinajstić information content (AvgIpc) is 3.40. The Balaban J connectivity index is 1.27. The van der Waals surface area contributed by atoms with Crippen LogP contribution in [0.1, 0.15) is 29.7 Å². The Morgan fingerprint density at radius 2 is 1.86 bits per heavy atom. The fourth-order valence-electron chi connectivity index (χ4n) is 3.53. The lowest BCUT2D eigenvalue weighted by Gasteiger charge is -2.14. The monoisotopic (exact) mass is 409 g/mol. The molecule has 1 aromatic heterocycles. The van der Waals surface area contributed by atoms with E-state index in [1.807, 2.05) is 11.4 Å². The number of nitrogens with one attached hydrogen (secondary N) is 1. The maximum atomic E-state index is 13.4. The van der Waals surface area contributed by atoms with Crippen molar-refractivity contribution in [3.05, 3.63) is 76.5 Å². The van der Waals surface area contributed by atoms with Gasteiger partial charge in [-0.15, -0.1) is 11.3 Å². The predicted octanol–water partition coefficient (Wildman–Crippen LogP) is 4.40. The van der Waals surface area contributed by atoms with Crippen molar-refractivity contribution >= 4 is 17.2 Å². The third-order valence-electron chi connectivity index (χ3n) is 5.08. The highest BCUT2D eigenvalue weighted by molar-refractivity contribution is 7.13. The first-order valence-electron chi connectivity index (χ1n) is 9.93. The second-order valence-corrected chi connectivity index (χ2v) is 8.27. The van der Waals surface area contributed by atoms with Crippen molar-refractivity contribution in [1.82, 2.24) is 15.2 Å². The Kier molecular flexibility index (Phi) is 6.32. The average molecular weight is 410 g/mol. The van der Waals surface area contributed by atoms with Gasteiger partial charge in [0.05, 0.1) is 12.1 Å². The first-order valence-corrected chi connectivity index (χ1v) is 10.8. The van der Waals surface area contributed by atoms with Crippen LogP contribution in [0.2, 0.25) is 0 Å². The van der Waals surface area contributed by atoms with Gasteiger partial charge in [-0.3, -0.25) is 9.69 Å². The van der Waals surface area contributed by atoms with E-state index in [9.17, 15) is 9.18 Å². The van der Waals surface area contributed by atoms with Crippen LogP contribution in [-0.2, 0) is 24.3 Å². The van der Waals surface area contributed by atoms with E-state index in [2.05, 4.69) is 39.5 Å². The zero-order valence-corrected chi connectivity index (χ0v) is 17.1. The number of carbonyl (C=O) groups is 1. The SMILES string of the molecule is O=C(Cc1csc(-c2cccc(F)c2)n1)NCc1ccc(CN2CCCC2)cc1. The Bertz CT molecular complexity index is 964. The number of thiazole rings is 1. The summed E-state index contributed by atoms with van der Waals surface area (Å²) in [6.07, 6.45) is 2.82. The van der Waals surface area contributed by atoms with Crippen LogP contribution in [0, 0.1) is 5.82 Å². The summed E-state index contributed by atoms with van der Waals surface area (Å²) in [6.45, 7) is 3.89. The largest absolute Gasteiger partial charge is 0.352 e. The normalized spacial score (nSPS) is 14.2. The van der Waals surface area contributed by atoms with Crippen LogP contribution in [0.15, 0.2) is 53.9 Å². The third kappa shape index (κ3) is 5.49. The molecule has 4 nitrogen and oxygen atoms in total. The minimum Gasteiger partial charge on any atom is -0.352 e. The molecule has 1 N–H and O–H groups in total. The molecule has 1 aliphatic heterocycles. The number of benzene rings is 2. The molecule has 1 aliphatic rings. The maximum absolute atomic E-state index is 13.4. The second-order valence-electron chi connectivity index (χ2n) is 7.41. The van der Waals surface area contributed by atoms with E-state index in [-0.39, 0.29) is 18.1 Å². The van der Waals surface area contributed by atoms with Gasteiger partial charge in [-0.05, 0) is 49.2 Å². The minimum absolute atomic E-state index is 0.0674. The van der Waals surface area contributed by atoms with Crippen molar-refractivity contribution in [3.8, 4) is 10.6 Å². The first kappa shape index (κ1) is 19.7. The van der Waals surface area contributed by atoms with Crippen LogP contribution in [-0.4, -0.2) is 28.9 Å². The Labute approximate surface area is 174 Å². The molecular weight excluding hydrogens is 385 g/mol. The molecule has 3 aromatic rings. The van der Waals surface area contributed by atoms with Gasteiger partial charge < -0.3 is 5.32 Å². The summed E-state index contributed by atoms with van der Waals surface area (Å²) in [7, 11) is 0. The van der Waals surface area contributed by atoms with Crippen molar-refractivity contribution in [2.75, 3.05) is 13.1 Å². The number of carbonyl (C=O) groups excluding carboxylic acids is 1. The number of likely N-dealkylation sites (tertiary alicyclic amines) is 1. The molecule has 1 fully saturated rings. The maximum Gasteiger partial charge on any atom is 0.226 e. The lowest BCUT2D eigenvalue weighted by atomic mass is 10.1. The van der Waals surface area contributed by atoms with E-state index < -0.39 is 0 Å². The van der Waals surface area contributed by atoms with Crippen LogP contribution in [0.25, 0.3) is 10.6 Å². The number of nitrogens with zero attached hydrogens (tertiary/aromatic N) is 2. The van der Waals surface area contributed by atoms with Crippen molar-refractivity contribution in [3.63, 3.8) is 0 Å². The van der Waals surface area contributed by atoms with E-state index in [4.69, 9.17) is 0 Å². The first-order chi connectivity index (χ1) is 14.2. The number of rotatable bonds is 7. The van der Waals surface area contributed by atoms with Gasteiger partial charge >= 0.3 is 0 Å². The Hall–Kier alpha value is -2.57. The van der Waals surface area contributed by atoms with Crippen molar-refractivity contribution < 1.29 is 9.18 Å². The van der Waals surface area contributed by atoms with E-state index in [1.54, 1.807) is 6.07 Å². The van der Waals surface area contributed by atoms with Crippen LogP contribution < -0.4 is 5.32 Å². The molecule has 0 saturated carbocycles.